The molecule has 2 atom stereocenters. The number of nitrogens with one attached hydrogen (secondary N) is 2. The maximum atomic E-state index is 12.9. The molecule has 1 saturated carbocycles. The van der Waals surface area contributed by atoms with Crippen molar-refractivity contribution in [3.63, 3.8) is 0 Å². The Morgan fingerprint density at radius 3 is 2.81 bits per heavy atom. The van der Waals surface area contributed by atoms with E-state index < -0.39 is 0 Å². The second-order valence-electron chi connectivity index (χ2n) is 10.2. The highest BCUT2D eigenvalue weighted by molar-refractivity contribution is 5.91. The van der Waals surface area contributed by atoms with Crippen molar-refractivity contribution in [1.82, 2.24) is 25.2 Å². The van der Waals surface area contributed by atoms with Crippen LogP contribution in [-0.2, 0) is 5.41 Å². The van der Waals surface area contributed by atoms with Crippen LogP contribution in [0.3, 0.4) is 0 Å². The first-order chi connectivity index (χ1) is 15.5. The molecule has 7 nitrogen and oxygen atoms in total. The number of carbonyl (C=O) groups excluding carboxylic acids is 1. The number of carbonyl (C=O) groups is 1. The Balaban J connectivity index is 1.24. The van der Waals surface area contributed by atoms with Gasteiger partial charge in [0.1, 0.15) is 0 Å². The number of fused-ring (bicyclic) bond motifs is 1. The molecule has 166 valence electrons. The number of hydrogen-bond donors (Lipinski definition) is 2. The van der Waals surface area contributed by atoms with E-state index in [1.165, 1.54) is 18.4 Å². The maximum Gasteiger partial charge on any atom is 0.291 e. The Hall–Kier alpha value is -2.93. The Kier molecular flexibility index (Phi) is 4.34. The van der Waals surface area contributed by atoms with Gasteiger partial charge >= 0.3 is 0 Å². The van der Waals surface area contributed by atoms with Crippen molar-refractivity contribution in [3.05, 3.63) is 59.5 Å². The number of pyridine rings is 1. The third-order valence-electron chi connectivity index (χ3n) is 7.88. The van der Waals surface area contributed by atoms with Crippen LogP contribution in [0.5, 0.6) is 0 Å². The highest BCUT2D eigenvalue weighted by Crippen LogP contribution is 2.50. The zero-order chi connectivity index (χ0) is 21.9. The van der Waals surface area contributed by atoms with E-state index in [9.17, 15) is 4.79 Å². The van der Waals surface area contributed by atoms with Gasteiger partial charge in [-0.25, -0.2) is 9.50 Å². The minimum Gasteiger partial charge on any atom is -0.369 e. The van der Waals surface area contributed by atoms with Gasteiger partial charge in [0.15, 0.2) is 5.65 Å². The Bertz CT molecular complexity index is 1180. The van der Waals surface area contributed by atoms with Crippen LogP contribution in [0.15, 0.2) is 42.6 Å². The number of hydrogen-bond acceptors (Lipinski definition) is 5. The highest BCUT2D eigenvalue weighted by atomic mass is 16.2. The van der Waals surface area contributed by atoms with Crippen molar-refractivity contribution >= 4 is 17.2 Å². The third-order valence-corrected chi connectivity index (χ3v) is 7.88. The number of rotatable bonds is 4. The monoisotopic (exact) mass is 430 g/mol. The Morgan fingerprint density at radius 2 is 2.03 bits per heavy atom. The first-order valence-corrected chi connectivity index (χ1v) is 11.6. The van der Waals surface area contributed by atoms with Crippen molar-refractivity contribution in [2.45, 2.75) is 44.6 Å². The number of anilines is 1. The molecule has 2 N–H and O–H groups in total. The number of nitrogens with zero attached hydrogens (tertiary/aromatic N) is 4. The topological polar surface area (TPSA) is 74.6 Å². The fraction of sp³-hybridized carbons (Fsp3) is 0.480. The summed E-state index contributed by atoms with van der Waals surface area (Å²) in [5.74, 6) is 0.0796. The average molecular weight is 431 g/mol. The molecule has 2 saturated heterocycles. The van der Waals surface area contributed by atoms with Crippen LogP contribution in [0.1, 0.15) is 47.9 Å². The lowest BCUT2D eigenvalue weighted by molar-refractivity contribution is 0.0918. The van der Waals surface area contributed by atoms with Crippen LogP contribution in [-0.4, -0.2) is 52.7 Å². The molecule has 1 amide bonds. The molecule has 32 heavy (non-hydrogen) atoms. The van der Waals surface area contributed by atoms with Crippen molar-refractivity contribution in [1.29, 1.82) is 0 Å². The van der Waals surface area contributed by atoms with Gasteiger partial charge in [-0.1, -0.05) is 37.3 Å². The Labute approximate surface area is 188 Å². The van der Waals surface area contributed by atoms with E-state index in [0.29, 0.717) is 0 Å². The van der Waals surface area contributed by atoms with E-state index in [2.05, 4.69) is 68.9 Å². The van der Waals surface area contributed by atoms with E-state index >= 15 is 0 Å². The quantitative estimate of drug-likeness (QED) is 0.666. The van der Waals surface area contributed by atoms with Crippen LogP contribution >= 0.6 is 0 Å². The van der Waals surface area contributed by atoms with Crippen LogP contribution in [0, 0.1) is 12.3 Å². The lowest BCUT2D eigenvalue weighted by Gasteiger charge is -2.26. The molecule has 0 unspecified atom stereocenters. The summed E-state index contributed by atoms with van der Waals surface area (Å²) in [5.41, 5.74) is 4.68. The van der Waals surface area contributed by atoms with Crippen LogP contribution < -0.4 is 15.5 Å². The predicted molar refractivity (Wildman–Crippen MR) is 124 cm³/mol. The lowest BCUT2D eigenvalue weighted by atomic mass is 9.82. The fourth-order valence-corrected chi connectivity index (χ4v) is 5.58. The molecule has 0 radical (unpaired) electrons. The highest BCUT2D eigenvalue weighted by Gasteiger charge is 2.52. The molecule has 1 spiro atoms. The molecule has 3 aromatic rings. The first kappa shape index (κ1) is 19.7. The summed E-state index contributed by atoms with van der Waals surface area (Å²) >= 11 is 0. The number of aryl methyl sites for hydroxylation is 1. The van der Waals surface area contributed by atoms with Gasteiger partial charge in [0.2, 0.25) is 5.82 Å². The van der Waals surface area contributed by atoms with Gasteiger partial charge < -0.3 is 15.5 Å². The third kappa shape index (κ3) is 3.18. The molecule has 2 aliphatic heterocycles. The zero-order valence-corrected chi connectivity index (χ0v) is 18.8. The van der Waals surface area contributed by atoms with E-state index in [1.54, 1.807) is 4.52 Å². The summed E-state index contributed by atoms with van der Waals surface area (Å²) in [7, 11) is 0. The number of benzene rings is 1. The van der Waals surface area contributed by atoms with E-state index in [0.717, 1.165) is 49.5 Å². The van der Waals surface area contributed by atoms with Gasteiger partial charge in [0.25, 0.3) is 5.91 Å². The van der Waals surface area contributed by atoms with Crippen LogP contribution in [0.4, 0.5) is 5.69 Å². The summed E-state index contributed by atoms with van der Waals surface area (Å²) in [6, 6.07) is 13.1. The van der Waals surface area contributed by atoms with Crippen molar-refractivity contribution in [2.75, 3.05) is 31.1 Å². The van der Waals surface area contributed by atoms with Gasteiger partial charge in [-0.2, -0.15) is 0 Å². The first-order valence-electron chi connectivity index (χ1n) is 11.6. The van der Waals surface area contributed by atoms with E-state index in [4.69, 9.17) is 0 Å². The van der Waals surface area contributed by atoms with Crippen molar-refractivity contribution in [2.24, 2.45) is 5.41 Å². The SMILES string of the molecule is Cc1cc(N2CC[C@](C)(c3ccccc3)C2)cn2nc(C(=O)N[C@@H]3CNCC34CC4)nc12. The minimum absolute atomic E-state index is 0.131. The summed E-state index contributed by atoms with van der Waals surface area (Å²) in [5, 5.41) is 11.1. The van der Waals surface area contributed by atoms with E-state index in [1.807, 2.05) is 13.1 Å². The van der Waals surface area contributed by atoms with Crippen LogP contribution in [0.25, 0.3) is 5.65 Å². The number of amides is 1. The van der Waals surface area contributed by atoms with Gasteiger partial charge in [-0.3, -0.25) is 4.79 Å². The summed E-state index contributed by atoms with van der Waals surface area (Å²) < 4.78 is 1.78. The van der Waals surface area contributed by atoms with Gasteiger partial charge in [0, 0.05) is 43.1 Å². The summed E-state index contributed by atoms with van der Waals surface area (Å²) in [6.45, 7) is 8.17. The zero-order valence-electron chi connectivity index (χ0n) is 18.8. The smallest absolute Gasteiger partial charge is 0.291 e. The molecule has 7 heteroatoms. The Morgan fingerprint density at radius 1 is 1.22 bits per heavy atom. The molecular weight excluding hydrogens is 400 g/mol. The molecule has 6 rings (SSSR count). The largest absolute Gasteiger partial charge is 0.369 e. The average Bonchev–Trinajstić information content (AvgIpc) is 3.11. The molecule has 2 aromatic heterocycles. The second kappa shape index (κ2) is 7.04. The lowest BCUT2D eigenvalue weighted by Crippen LogP contribution is -2.41. The molecule has 1 aliphatic carbocycles. The van der Waals surface area contributed by atoms with Gasteiger partial charge in [-0.05, 0) is 43.4 Å². The maximum absolute atomic E-state index is 12.9. The van der Waals surface area contributed by atoms with Gasteiger partial charge in [-0.15, -0.1) is 5.10 Å². The van der Waals surface area contributed by atoms with E-state index in [-0.39, 0.29) is 28.6 Å². The van der Waals surface area contributed by atoms with Crippen molar-refractivity contribution < 1.29 is 4.79 Å². The molecule has 0 bridgehead atoms. The predicted octanol–water partition coefficient (Wildman–Crippen LogP) is 2.69. The molecule has 1 aromatic carbocycles. The second-order valence-corrected chi connectivity index (χ2v) is 10.2. The molecular formula is C25H30N6O. The minimum atomic E-state index is -0.174. The summed E-state index contributed by atoms with van der Waals surface area (Å²) in [4.78, 5) is 19.9. The molecule has 3 fully saturated rings. The van der Waals surface area contributed by atoms with Crippen LogP contribution in [0.2, 0.25) is 0 Å². The summed E-state index contributed by atoms with van der Waals surface area (Å²) in [6.07, 6.45) is 5.49. The standard InChI is InChI=1S/C25H30N6O/c1-17-12-19(30-11-10-24(2,16-30)18-6-4-3-5-7-18)14-31-22(17)28-21(29-31)23(32)27-20-13-26-15-25(20)8-9-25/h3-7,12,14,20,26H,8-11,13,15-16H2,1-2H3,(H,27,32)/t20-,24+/m1/s1. The number of aromatic nitrogens is 3. The molecule has 4 heterocycles. The normalized spacial score (nSPS) is 26.2. The molecule has 3 aliphatic rings. The fourth-order valence-electron chi connectivity index (χ4n) is 5.58. The van der Waals surface area contributed by atoms with Gasteiger partial charge in [0.05, 0.1) is 11.9 Å². The van der Waals surface area contributed by atoms with Crippen molar-refractivity contribution in [3.8, 4) is 0 Å².